The first-order valence-electron chi connectivity index (χ1n) is 6.37. The lowest BCUT2D eigenvalue weighted by atomic mass is 10.1. The van der Waals surface area contributed by atoms with Crippen LogP contribution in [0.3, 0.4) is 0 Å². The minimum Gasteiger partial charge on any atom is -0.370 e. The van der Waals surface area contributed by atoms with Crippen LogP contribution < -0.4 is 0 Å². The summed E-state index contributed by atoms with van der Waals surface area (Å²) in [5.41, 5.74) is 2.51. The van der Waals surface area contributed by atoms with Gasteiger partial charge in [0.25, 0.3) is 0 Å². The van der Waals surface area contributed by atoms with Gasteiger partial charge in [0.2, 0.25) is 0 Å². The maximum absolute atomic E-state index is 5.76. The highest BCUT2D eigenvalue weighted by molar-refractivity contribution is 7.71. The molecule has 1 aromatic heterocycles. The molecule has 0 aliphatic heterocycles. The minimum absolute atomic E-state index is 0.0209. The summed E-state index contributed by atoms with van der Waals surface area (Å²) >= 11 is 5.37. The molecule has 1 aromatic rings. The first-order chi connectivity index (χ1) is 8.13. The van der Waals surface area contributed by atoms with E-state index in [-0.39, 0.29) is 6.10 Å². The molecule has 3 nitrogen and oxygen atoms in total. The monoisotopic (exact) mass is 252 g/mol. The molecule has 0 fully saturated rings. The number of nitrogens with one attached hydrogen (secondary N) is 1. The SMILES string of the molecule is CCOC(c1nc(=S)c2c([nH]1)CCC2)C(C)C. The van der Waals surface area contributed by atoms with E-state index in [0.29, 0.717) is 12.5 Å². The molecule has 4 heteroatoms. The predicted molar refractivity (Wildman–Crippen MR) is 70.7 cm³/mol. The van der Waals surface area contributed by atoms with Crippen LogP contribution in [0, 0.1) is 10.6 Å². The van der Waals surface area contributed by atoms with Crippen LogP contribution in [0.2, 0.25) is 0 Å². The molecule has 0 amide bonds. The third-order valence-electron chi connectivity index (χ3n) is 3.20. The van der Waals surface area contributed by atoms with Gasteiger partial charge >= 0.3 is 0 Å². The molecule has 0 spiro atoms. The summed E-state index contributed by atoms with van der Waals surface area (Å²) in [6.07, 6.45) is 3.36. The Bertz CT molecular complexity index is 453. The number of aromatic nitrogens is 2. The van der Waals surface area contributed by atoms with Crippen LogP contribution >= 0.6 is 12.2 Å². The number of H-pyrrole nitrogens is 1. The van der Waals surface area contributed by atoms with Crippen molar-refractivity contribution < 1.29 is 4.74 Å². The molecule has 1 heterocycles. The molecule has 94 valence electrons. The van der Waals surface area contributed by atoms with Gasteiger partial charge in [-0.1, -0.05) is 26.1 Å². The maximum atomic E-state index is 5.76. The van der Waals surface area contributed by atoms with Crippen LogP contribution in [0.25, 0.3) is 0 Å². The zero-order valence-electron chi connectivity index (χ0n) is 10.7. The van der Waals surface area contributed by atoms with Crippen molar-refractivity contribution in [1.29, 1.82) is 0 Å². The van der Waals surface area contributed by atoms with E-state index < -0.39 is 0 Å². The van der Waals surface area contributed by atoms with Crippen molar-refractivity contribution >= 4 is 12.2 Å². The van der Waals surface area contributed by atoms with Gasteiger partial charge in [-0.3, -0.25) is 0 Å². The number of nitrogens with zero attached hydrogens (tertiary/aromatic N) is 1. The second kappa shape index (κ2) is 5.27. The zero-order chi connectivity index (χ0) is 12.4. The predicted octanol–water partition coefficient (Wildman–Crippen LogP) is 3.36. The molecule has 1 aliphatic rings. The first kappa shape index (κ1) is 12.7. The van der Waals surface area contributed by atoms with E-state index in [0.717, 1.165) is 23.3 Å². The van der Waals surface area contributed by atoms with Crippen molar-refractivity contribution in [3.63, 3.8) is 0 Å². The summed E-state index contributed by atoms with van der Waals surface area (Å²) in [7, 11) is 0. The lowest BCUT2D eigenvalue weighted by molar-refractivity contribution is 0.0230. The highest BCUT2D eigenvalue weighted by Gasteiger charge is 2.22. The first-order valence-corrected chi connectivity index (χ1v) is 6.77. The van der Waals surface area contributed by atoms with Crippen molar-refractivity contribution in [3.8, 4) is 0 Å². The lowest BCUT2D eigenvalue weighted by Crippen LogP contribution is -2.16. The molecular weight excluding hydrogens is 232 g/mol. The van der Waals surface area contributed by atoms with Crippen molar-refractivity contribution in [2.75, 3.05) is 6.61 Å². The van der Waals surface area contributed by atoms with Gasteiger partial charge in [0, 0.05) is 17.9 Å². The second-order valence-corrected chi connectivity index (χ2v) is 5.24. The number of aryl methyl sites for hydroxylation is 1. The highest BCUT2D eigenvalue weighted by atomic mass is 32.1. The Hall–Kier alpha value is -0.740. The number of hydrogen-bond donors (Lipinski definition) is 1. The Morgan fingerprint density at radius 1 is 1.41 bits per heavy atom. The molecule has 1 atom stereocenters. The fourth-order valence-corrected chi connectivity index (χ4v) is 2.70. The summed E-state index contributed by atoms with van der Waals surface area (Å²) in [6.45, 7) is 7.00. The van der Waals surface area contributed by atoms with Gasteiger partial charge in [0.1, 0.15) is 16.6 Å². The fraction of sp³-hybridized carbons (Fsp3) is 0.692. The fourth-order valence-electron chi connectivity index (χ4n) is 2.38. The summed E-state index contributed by atoms with van der Waals surface area (Å²) in [5, 5.41) is 0. The van der Waals surface area contributed by atoms with E-state index in [4.69, 9.17) is 17.0 Å². The second-order valence-electron chi connectivity index (χ2n) is 4.86. The molecule has 0 aromatic carbocycles. The van der Waals surface area contributed by atoms with Crippen molar-refractivity contribution in [1.82, 2.24) is 9.97 Å². The van der Waals surface area contributed by atoms with Crippen LogP contribution in [0.1, 0.15) is 50.4 Å². The Morgan fingerprint density at radius 2 is 2.18 bits per heavy atom. The Balaban J connectivity index is 2.38. The topological polar surface area (TPSA) is 37.9 Å². The van der Waals surface area contributed by atoms with E-state index in [9.17, 15) is 0 Å². The van der Waals surface area contributed by atoms with Crippen LogP contribution in [0.15, 0.2) is 0 Å². The number of ether oxygens (including phenoxy) is 1. The molecule has 0 saturated carbocycles. The molecule has 0 radical (unpaired) electrons. The molecule has 1 unspecified atom stereocenters. The average Bonchev–Trinajstić information content (AvgIpc) is 2.73. The number of fused-ring (bicyclic) bond motifs is 1. The van der Waals surface area contributed by atoms with Gasteiger partial charge in [-0.2, -0.15) is 0 Å². The van der Waals surface area contributed by atoms with Gasteiger partial charge < -0.3 is 9.72 Å². The van der Waals surface area contributed by atoms with E-state index >= 15 is 0 Å². The van der Waals surface area contributed by atoms with Gasteiger partial charge in [-0.05, 0) is 32.1 Å². The largest absolute Gasteiger partial charge is 0.370 e. The maximum Gasteiger partial charge on any atom is 0.137 e. The van der Waals surface area contributed by atoms with Gasteiger partial charge in [0.15, 0.2) is 0 Å². The van der Waals surface area contributed by atoms with E-state index in [1.54, 1.807) is 0 Å². The summed E-state index contributed by atoms with van der Waals surface area (Å²) in [4.78, 5) is 7.95. The van der Waals surface area contributed by atoms with Crippen LogP contribution in [0.5, 0.6) is 0 Å². The molecule has 0 bridgehead atoms. The third-order valence-corrected chi connectivity index (χ3v) is 3.54. The van der Waals surface area contributed by atoms with Gasteiger partial charge in [0.05, 0.1) is 0 Å². The van der Waals surface area contributed by atoms with E-state index in [2.05, 4.69) is 23.8 Å². The normalized spacial score (nSPS) is 16.2. The Labute approximate surface area is 108 Å². The average molecular weight is 252 g/mol. The Kier molecular flexibility index (Phi) is 3.94. The number of hydrogen-bond acceptors (Lipinski definition) is 3. The number of aromatic amines is 1. The quantitative estimate of drug-likeness (QED) is 0.835. The van der Waals surface area contributed by atoms with E-state index in [1.165, 1.54) is 17.7 Å². The molecule has 1 aliphatic carbocycles. The molecule has 17 heavy (non-hydrogen) atoms. The van der Waals surface area contributed by atoms with Crippen molar-refractivity contribution in [2.24, 2.45) is 5.92 Å². The summed E-state index contributed by atoms with van der Waals surface area (Å²) in [6, 6.07) is 0. The zero-order valence-corrected chi connectivity index (χ0v) is 11.6. The van der Waals surface area contributed by atoms with Gasteiger partial charge in [-0.15, -0.1) is 0 Å². The smallest absolute Gasteiger partial charge is 0.137 e. The molecular formula is C13H20N2OS. The van der Waals surface area contributed by atoms with E-state index in [1.807, 2.05) is 6.92 Å². The molecule has 1 N–H and O–H groups in total. The third kappa shape index (κ3) is 2.58. The highest BCUT2D eigenvalue weighted by Crippen LogP contribution is 2.26. The standard InChI is InChI=1S/C13H20N2OS/c1-4-16-11(8(2)3)12-14-10-7-5-6-9(10)13(17)15-12/h8,11H,4-7H2,1-3H3,(H,14,15,17). The van der Waals surface area contributed by atoms with Gasteiger partial charge in [-0.25, -0.2) is 4.98 Å². The molecule has 2 rings (SSSR count). The van der Waals surface area contributed by atoms with Crippen LogP contribution in [-0.2, 0) is 17.6 Å². The molecule has 0 saturated heterocycles. The lowest BCUT2D eigenvalue weighted by Gasteiger charge is -2.20. The summed E-state index contributed by atoms with van der Waals surface area (Å²) < 4.78 is 6.52. The van der Waals surface area contributed by atoms with Crippen LogP contribution in [-0.4, -0.2) is 16.6 Å². The summed E-state index contributed by atoms with van der Waals surface area (Å²) in [5.74, 6) is 1.29. The minimum atomic E-state index is 0.0209. The van der Waals surface area contributed by atoms with Crippen molar-refractivity contribution in [3.05, 3.63) is 21.7 Å². The number of rotatable bonds is 4. The van der Waals surface area contributed by atoms with Crippen LogP contribution in [0.4, 0.5) is 0 Å². The Morgan fingerprint density at radius 3 is 2.82 bits per heavy atom. The van der Waals surface area contributed by atoms with Crippen molar-refractivity contribution in [2.45, 2.75) is 46.1 Å².